The Morgan fingerprint density at radius 3 is 2.59 bits per heavy atom. The van der Waals surface area contributed by atoms with Gasteiger partial charge in [-0.2, -0.15) is 0 Å². The summed E-state index contributed by atoms with van der Waals surface area (Å²) in [6.07, 6.45) is 2.01. The van der Waals surface area contributed by atoms with Crippen molar-refractivity contribution < 1.29 is 22.8 Å². The topological polar surface area (TPSA) is 91.8 Å². The Morgan fingerprint density at radius 1 is 1.30 bits per heavy atom. The number of nitrogens with zero attached hydrogens (tertiary/aromatic N) is 2. The van der Waals surface area contributed by atoms with Crippen LogP contribution in [0.15, 0.2) is 35.2 Å². The number of carbonyl (C=O) groups is 3. The molecule has 7 nitrogen and oxygen atoms in total. The second-order valence-corrected chi connectivity index (χ2v) is 9.64. The van der Waals surface area contributed by atoms with Crippen LogP contribution in [-0.2, 0) is 19.4 Å². The highest BCUT2D eigenvalue weighted by atomic mass is 32.2. The van der Waals surface area contributed by atoms with Gasteiger partial charge in [0.05, 0.1) is 16.4 Å². The van der Waals surface area contributed by atoms with E-state index in [1.54, 1.807) is 13.0 Å². The molecule has 0 bridgehead atoms. The molecule has 0 N–H and O–H groups in total. The molecule has 0 spiro atoms. The largest absolute Gasteiger partial charge is 0.337 e. The van der Waals surface area contributed by atoms with Crippen molar-refractivity contribution >= 4 is 44.7 Å². The van der Waals surface area contributed by atoms with Crippen LogP contribution in [-0.4, -0.2) is 65.9 Å². The Morgan fingerprint density at radius 2 is 2.00 bits per heavy atom. The van der Waals surface area contributed by atoms with E-state index < -0.39 is 32.9 Å². The fourth-order valence-electron chi connectivity index (χ4n) is 3.22. The van der Waals surface area contributed by atoms with Gasteiger partial charge in [0.25, 0.3) is 11.1 Å². The van der Waals surface area contributed by atoms with Gasteiger partial charge < -0.3 is 4.90 Å². The lowest BCUT2D eigenvalue weighted by atomic mass is 10.2. The van der Waals surface area contributed by atoms with Gasteiger partial charge in [-0.15, -0.1) is 0 Å². The van der Waals surface area contributed by atoms with Gasteiger partial charge in [-0.3, -0.25) is 19.3 Å². The fraction of sp³-hybridized carbons (Fsp3) is 0.389. The van der Waals surface area contributed by atoms with Crippen LogP contribution >= 0.6 is 11.8 Å². The van der Waals surface area contributed by atoms with E-state index in [1.807, 2.05) is 30.3 Å². The van der Waals surface area contributed by atoms with Crippen LogP contribution in [0.2, 0.25) is 0 Å². The maximum atomic E-state index is 12.6. The summed E-state index contributed by atoms with van der Waals surface area (Å²) in [7, 11) is -3.13. The number of hydrogen-bond acceptors (Lipinski definition) is 6. The second kappa shape index (κ2) is 7.85. The maximum absolute atomic E-state index is 12.6. The number of imide groups is 1. The van der Waals surface area contributed by atoms with Crippen LogP contribution in [0.1, 0.15) is 18.9 Å². The lowest BCUT2D eigenvalue weighted by Crippen LogP contribution is -2.47. The molecule has 0 saturated carbocycles. The Bertz CT molecular complexity index is 896. The Labute approximate surface area is 162 Å². The van der Waals surface area contributed by atoms with Gasteiger partial charge in [0.15, 0.2) is 9.84 Å². The van der Waals surface area contributed by atoms with E-state index in [0.717, 1.165) is 22.2 Å². The van der Waals surface area contributed by atoms with Crippen molar-refractivity contribution in [1.82, 2.24) is 9.80 Å². The van der Waals surface area contributed by atoms with Gasteiger partial charge in [-0.25, -0.2) is 8.42 Å². The minimum absolute atomic E-state index is 0.0584. The number of benzene rings is 1. The molecule has 3 rings (SSSR count). The highest BCUT2D eigenvalue weighted by Gasteiger charge is 2.39. The molecule has 2 aliphatic heterocycles. The molecule has 27 heavy (non-hydrogen) atoms. The summed E-state index contributed by atoms with van der Waals surface area (Å²) < 4.78 is 23.4. The summed E-state index contributed by atoms with van der Waals surface area (Å²) in [5.41, 5.74) is 0.792. The third-order valence-corrected chi connectivity index (χ3v) is 7.23. The molecule has 2 heterocycles. The van der Waals surface area contributed by atoms with Crippen molar-refractivity contribution in [2.75, 3.05) is 24.6 Å². The first-order valence-corrected chi connectivity index (χ1v) is 11.2. The molecule has 1 atom stereocenters. The molecule has 9 heteroatoms. The minimum atomic E-state index is -3.13. The van der Waals surface area contributed by atoms with Crippen LogP contribution in [0.3, 0.4) is 0 Å². The molecule has 0 aromatic heterocycles. The lowest BCUT2D eigenvalue weighted by Gasteiger charge is -2.28. The average Bonchev–Trinajstić information content (AvgIpc) is 3.10. The number of carbonyl (C=O) groups excluding carboxylic acids is 3. The van der Waals surface area contributed by atoms with E-state index in [4.69, 9.17) is 0 Å². The van der Waals surface area contributed by atoms with E-state index in [0.29, 0.717) is 13.0 Å². The van der Waals surface area contributed by atoms with Crippen LogP contribution in [0.25, 0.3) is 6.08 Å². The maximum Gasteiger partial charge on any atom is 0.294 e. The summed E-state index contributed by atoms with van der Waals surface area (Å²) >= 11 is 0.802. The predicted octanol–water partition coefficient (Wildman–Crippen LogP) is 1.76. The molecule has 1 aromatic carbocycles. The molecule has 2 saturated heterocycles. The van der Waals surface area contributed by atoms with Crippen LogP contribution in [0.5, 0.6) is 0 Å². The average molecular weight is 409 g/mol. The molecule has 0 aliphatic carbocycles. The van der Waals surface area contributed by atoms with Crippen molar-refractivity contribution in [3.8, 4) is 0 Å². The van der Waals surface area contributed by atoms with E-state index in [-0.39, 0.29) is 23.0 Å². The second-order valence-electron chi connectivity index (χ2n) is 6.42. The van der Waals surface area contributed by atoms with E-state index in [1.165, 1.54) is 4.90 Å². The Balaban J connectivity index is 1.71. The van der Waals surface area contributed by atoms with Crippen LogP contribution in [0, 0.1) is 0 Å². The molecule has 0 radical (unpaired) electrons. The molecular weight excluding hydrogens is 388 g/mol. The van der Waals surface area contributed by atoms with E-state index in [2.05, 4.69) is 0 Å². The lowest BCUT2D eigenvalue weighted by molar-refractivity contribution is -0.137. The molecular formula is C18H20N2O5S2. The number of sulfone groups is 1. The smallest absolute Gasteiger partial charge is 0.294 e. The number of amides is 3. The zero-order valence-corrected chi connectivity index (χ0v) is 16.5. The van der Waals surface area contributed by atoms with Crippen molar-refractivity contribution in [3.63, 3.8) is 0 Å². The zero-order valence-electron chi connectivity index (χ0n) is 14.8. The third kappa shape index (κ3) is 4.41. The summed E-state index contributed by atoms with van der Waals surface area (Å²) in [5.74, 6) is -0.925. The molecule has 0 unspecified atom stereocenters. The first-order valence-electron chi connectivity index (χ1n) is 8.61. The van der Waals surface area contributed by atoms with Gasteiger partial charge >= 0.3 is 0 Å². The van der Waals surface area contributed by atoms with Crippen LogP contribution < -0.4 is 0 Å². The quantitative estimate of drug-likeness (QED) is 0.690. The van der Waals surface area contributed by atoms with Gasteiger partial charge in [0.1, 0.15) is 6.54 Å². The normalized spacial score (nSPS) is 23.2. The van der Waals surface area contributed by atoms with Gasteiger partial charge in [0.2, 0.25) is 5.91 Å². The van der Waals surface area contributed by atoms with Gasteiger partial charge in [0, 0.05) is 12.6 Å². The Kier molecular flexibility index (Phi) is 5.71. The third-order valence-electron chi connectivity index (χ3n) is 4.57. The number of rotatable bonds is 5. The molecule has 2 aliphatic rings. The minimum Gasteiger partial charge on any atom is -0.337 e. The number of hydrogen-bond donors (Lipinski definition) is 0. The van der Waals surface area contributed by atoms with E-state index >= 15 is 0 Å². The molecule has 1 aromatic rings. The fourth-order valence-corrected chi connectivity index (χ4v) is 5.79. The van der Waals surface area contributed by atoms with Crippen molar-refractivity contribution in [2.45, 2.75) is 19.4 Å². The number of likely N-dealkylation sites (N-methyl/N-ethyl adjacent to an activating group) is 1. The predicted molar refractivity (Wildman–Crippen MR) is 104 cm³/mol. The first kappa shape index (κ1) is 19.6. The van der Waals surface area contributed by atoms with Gasteiger partial charge in [-0.05, 0) is 36.7 Å². The standard InChI is InChI=1S/C18H20N2O5S2/c1-2-19(14-8-9-27(24,25)12-14)16(21)11-20-17(22)15(26-18(20)23)10-13-6-4-3-5-7-13/h3-7,10,14H,2,8-9,11-12H2,1H3/b15-10+/t14-/m1/s1. The highest BCUT2D eigenvalue weighted by molar-refractivity contribution is 8.18. The van der Waals surface area contributed by atoms with Crippen molar-refractivity contribution in [3.05, 3.63) is 40.8 Å². The number of thioether (sulfide) groups is 1. The zero-order chi connectivity index (χ0) is 19.6. The van der Waals surface area contributed by atoms with Gasteiger partial charge in [-0.1, -0.05) is 30.3 Å². The summed E-state index contributed by atoms with van der Waals surface area (Å²) in [5, 5.41) is -0.495. The van der Waals surface area contributed by atoms with Crippen molar-refractivity contribution in [1.29, 1.82) is 0 Å². The molecule has 144 valence electrons. The summed E-state index contributed by atoms with van der Waals surface area (Å²) in [4.78, 5) is 40.0. The SMILES string of the molecule is CCN(C(=O)CN1C(=O)S/C(=C/c2ccccc2)C1=O)[C@@H]1CCS(=O)(=O)C1. The van der Waals surface area contributed by atoms with Crippen molar-refractivity contribution in [2.24, 2.45) is 0 Å². The molecule has 3 amide bonds. The van der Waals surface area contributed by atoms with Crippen LogP contribution in [0.4, 0.5) is 4.79 Å². The Hall–Kier alpha value is -2.13. The highest BCUT2D eigenvalue weighted by Crippen LogP contribution is 2.32. The monoisotopic (exact) mass is 408 g/mol. The van der Waals surface area contributed by atoms with E-state index in [9.17, 15) is 22.8 Å². The summed E-state index contributed by atoms with van der Waals surface area (Å²) in [6.45, 7) is 1.71. The first-order chi connectivity index (χ1) is 12.8. The molecule has 2 fully saturated rings. The summed E-state index contributed by atoms with van der Waals surface area (Å²) in [6, 6.07) is 8.75.